The minimum atomic E-state index is -1.12. The Kier molecular flexibility index (Phi) is 5.80. The molecule has 0 spiro atoms. The van der Waals surface area contributed by atoms with E-state index in [1.807, 2.05) is 31.2 Å². The van der Waals surface area contributed by atoms with E-state index in [1.54, 1.807) is 31.2 Å². The molecule has 0 aliphatic heterocycles. The SMILES string of the molecule is Cc1ccc(CCC(=O)NCC(C)(O)c2ccc(Cl)cc2)cc1. The summed E-state index contributed by atoms with van der Waals surface area (Å²) >= 11 is 5.85. The first-order valence-electron chi connectivity index (χ1n) is 7.67. The standard InChI is InChI=1S/C19H22ClNO2/c1-14-3-5-15(6-4-14)7-12-18(22)21-13-19(2,23)16-8-10-17(20)11-9-16/h3-6,8-11,23H,7,12-13H2,1-2H3,(H,21,22). The van der Waals surface area contributed by atoms with E-state index in [-0.39, 0.29) is 12.5 Å². The first-order valence-corrected chi connectivity index (χ1v) is 8.05. The normalized spacial score (nSPS) is 13.4. The number of hydrogen-bond acceptors (Lipinski definition) is 2. The molecule has 2 aromatic rings. The van der Waals surface area contributed by atoms with E-state index in [9.17, 15) is 9.90 Å². The molecule has 0 aliphatic carbocycles. The number of benzene rings is 2. The number of aryl methyl sites for hydroxylation is 2. The monoisotopic (exact) mass is 331 g/mol. The van der Waals surface area contributed by atoms with Crippen LogP contribution in [0.3, 0.4) is 0 Å². The van der Waals surface area contributed by atoms with Crippen LogP contribution in [-0.2, 0) is 16.8 Å². The molecule has 0 bridgehead atoms. The van der Waals surface area contributed by atoms with E-state index in [0.29, 0.717) is 17.9 Å². The third-order valence-electron chi connectivity index (χ3n) is 3.86. The van der Waals surface area contributed by atoms with Crippen molar-refractivity contribution < 1.29 is 9.90 Å². The molecule has 2 N–H and O–H groups in total. The third-order valence-corrected chi connectivity index (χ3v) is 4.11. The van der Waals surface area contributed by atoms with Crippen molar-refractivity contribution >= 4 is 17.5 Å². The van der Waals surface area contributed by atoms with Crippen molar-refractivity contribution in [1.82, 2.24) is 5.32 Å². The summed E-state index contributed by atoms with van der Waals surface area (Å²) in [6.45, 7) is 3.88. The number of nitrogens with one attached hydrogen (secondary N) is 1. The predicted molar refractivity (Wildman–Crippen MR) is 93.5 cm³/mol. The van der Waals surface area contributed by atoms with E-state index >= 15 is 0 Å². The van der Waals surface area contributed by atoms with Crippen molar-refractivity contribution in [3.05, 3.63) is 70.2 Å². The van der Waals surface area contributed by atoms with Gasteiger partial charge in [0, 0.05) is 11.4 Å². The Morgan fingerprint density at radius 2 is 1.74 bits per heavy atom. The Morgan fingerprint density at radius 3 is 2.35 bits per heavy atom. The van der Waals surface area contributed by atoms with Crippen LogP contribution in [0.5, 0.6) is 0 Å². The third kappa shape index (κ3) is 5.38. The summed E-state index contributed by atoms with van der Waals surface area (Å²) in [6, 6.07) is 15.1. The maximum Gasteiger partial charge on any atom is 0.220 e. The molecular formula is C19H22ClNO2. The minimum Gasteiger partial charge on any atom is -0.384 e. The summed E-state index contributed by atoms with van der Waals surface area (Å²) in [5.74, 6) is -0.0696. The molecule has 1 atom stereocenters. The lowest BCUT2D eigenvalue weighted by atomic mass is 9.96. The fraction of sp³-hybridized carbons (Fsp3) is 0.316. The average molecular weight is 332 g/mol. The second-order valence-electron chi connectivity index (χ2n) is 6.04. The highest BCUT2D eigenvalue weighted by Crippen LogP contribution is 2.21. The topological polar surface area (TPSA) is 49.3 Å². The molecule has 0 aliphatic rings. The number of carbonyl (C=O) groups is 1. The van der Waals surface area contributed by atoms with Crippen LogP contribution in [0.4, 0.5) is 0 Å². The van der Waals surface area contributed by atoms with Gasteiger partial charge >= 0.3 is 0 Å². The van der Waals surface area contributed by atoms with Crippen molar-refractivity contribution in [2.75, 3.05) is 6.54 Å². The molecule has 2 rings (SSSR count). The van der Waals surface area contributed by atoms with Gasteiger partial charge in [0.1, 0.15) is 5.60 Å². The van der Waals surface area contributed by atoms with Crippen molar-refractivity contribution in [2.45, 2.75) is 32.3 Å². The van der Waals surface area contributed by atoms with E-state index in [1.165, 1.54) is 5.56 Å². The molecular weight excluding hydrogens is 310 g/mol. The molecule has 1 amide bonds. The zero-order chi connectivity index (χ0) is 16.9. The molecule has 0 aromatic heterocycles. The molecule has 3 nitrogen and oxygen atoms in total. The number of amides is 1. The summed E-state index contributed by atoms with van der Waals surface area (Å²) in [5, 5.41) is 13.9. The summed E-state index contributed by atoms with van der Waals surface area (Å²) in [6.07, 6.45) is 1.09. The van der Waals surface area contributed by atoms with Gasteiger partial charge in [-0.15, -0.1) is 0 Å². The van der Waals surface area contributed by atoms with Crippen LogP contribution in [0.1, 0.15) is 30.0 Å². The molecule has 0 radical (unpaired) electrons. The fourth-order valence-corrected chi connectivity index (χ4v) is 2.41. The van der Waals surface area contributed by atoms with Gasteiger partial charge in [-0.3, -0.25) is 4.79 Å². The quantitative estimate of drug-likeness (QED) is 0.849. The molecule has 122 valence electrons. The molecule has 0 saturated heterocycles. The summed E-state index contributed by atoms with van der Waals surface area (Å²) in [4.78, 5) is 12.0. The van der Waals surface area contributed by atoms with Crippen LogP contribution in [0.2, 0.25) is 5.02 Å². The van der Waals surface area contributed by atoms with E-state index in [0.717, 1.165) is 11.1 Å². The fourth-order valence-electron chi connectivity index (χ4n) is 2.28. The number of carbonyl (C=O) groups excluding carboxylic acids is 1. The number of hydrogen-bond donors (Lipinski definition) is 2. The highest BCUT2D eigenvalue weighted by Gasteiger charge is 2.23. The van der Waals surface area contributed by atoms with Gasteiger partial charge in [0.25, 0.3) is 0 Å². The first kappa shape index (κ1) is 17.5. The van der Waals surface area contributed by atoms with Crippen LogP contribution in [-0.4, -0.2) is 17.6 Å². The molecule has 0 heterocycles. The molecule has 23 heavy (non-hydrogen) atoms. The number of halogens is 1. The minimum absolute atomic E-state index is 0.0696. The zero-order valence-corrected chi connectivity index (χ0v) is 14.2. The maximum absolute atomic E-state index is 12.0. The molecule has 0 saturated carbocycles. The van der Waals surface area contributed by atoms with Crippen LogP contribution in [0, 0.1) is 6.92 Å². The second-order valence-corrected chi connectivity index (χ2v) is 6.48. The lowest BCUT2D eigenvalue weighted by molar-refractivity contribution is -0.122. The van der Waals surface area contributed by atoms with Gasteiger partial charge in [0.2, 0.25) is 5.91 Å². The highest BCUT2D eigenvalue weighted by molar-refractivity contribution is 6.30. The van der Waals surface area contributed by atoms with Gasteiger partial charge in [0.15, 0.2) is 0 Å². The van der Waals surface area contributed by atoms with E-state index in [4.69, 9.17) is 11.6 Å². The molecule has 2 aromatic carbocycles. The van der Waals surface area contributed by atoms with Gasteiger partial charge < -0.3 is 10.4 Å². The largest absolute Gasteiger partial charge is 0.384 e. The maximum atomic E-state index is 12.0. The Balaban J connectivity index is 1.83. The molecule has 4 heteroatoms. The lowest BCUT2D eigenvalue weighted by Crippen LogP contribution is -2.38. The Labute approximate surface area is 142 Å². The lowest BCUT2D eigenvalue weighted by Gasteiger charge is -2.24. The van der Waals surface area contributed by atoms with Crippen molar-refractivity contribution in [3.63, 3.8) is 0 Å². The van der Waals surface area contributed by atoms with Crippen LogP contribution in [0.15, 0.2) is 48.5 Å². The second kappa shape index (κ2) is 7.62. The smallest absolute Gasteiger partial charge is 0.220 e. The van der Waals surface area contributed by atoms with Gasteiger partial charge in [-0.2, -0.15) is 0 Å². The Hall–Kier alpha value is -1.84. The van der Waals surface area contributed by atoms with Crippen LogP contribution in [0.25, 0.3) is 0 Å². The van der Waals surface area contributed by atoms with Crippen LogP contribution >= 0.6 is 11.6 Å². The van der Waals surface area contributed by atoms with Gasteiger partial charge in [-0.05, 0) is 43.5 Å². The number of aliphatic hydroxyl groups is 1. The first-order chi connectivity index (χ1) is 10.9. The molecule has 0 fully saturated rings. The zero-order valence-electron chi connectivity index (χ0n) is 13.5. The summed E-state index contributed by atoms with van der Waals surface area (Å²) < 4.78 is 0. The van der Waals surface area contributed by atoms with Crippen LogP contribution < -0.4 is 5.32 Å². The molecule has 1 unspecified atom stereocenters. The van der Waals surface area contributed by atoms with Gasteiger partial charge in [-0.1, -0.05) is 53.6 Å². The Bertz CT molecular complexity index is 648. The van der Waals surface area contributed by atoms with Crippen molar-refractivity contribution in [3.8, 4) is 0 Å². The van der Waals surface area contributed by atoms with Gasteiger partial charge in [0.05, 0.1) is 6.54 Å². The van der Waals surface area contributed by atoms with Crippen molar-refractivity contribution in [2.24, 2.45) is 0 Å². The van der Waals surface area contributed by atoms with E-state index in [2.05, 4.69) is 5.32 Å². The van der Waals surface area contributed by atoms with Gasteiger partial charge in [-0.25, -0.2) is 0 Å². The summed E-state index contributed by atoms with van der Waals surface area (Å²) in [7, 11) is 0. The average Bonchev–Trinajstić information content (AvgIpc) is 2.53. The van der Waals surface area contributed by atoms with E-state index < -0.39 is 5.60 Å². The van der Waals surface area contributed by atoms with Crippen molar-refractivity contribution in [1.29, 1.82) is 0 Å². The Morgan fingerprint density at radius 1 is 1.13 bits per heavy atom. The number of rotatable bonds is 6. The summed E-state index contributed by atoms with van der Waals surface area (Å²) in [5.41, 5.74) is 1.94. The predicted octanol–water partition coefficient (Wildman–Crippen LogP) is 3.60. The highest BCUT2D eigenvalue weighted by atomic mass is 35.5.